The largest absolute Gasteiger partial charge is 0.309 e. The van der Waals surface area contributed by atoms with Crippen LogP contribution in [0.3, 0.4) is 0 Å². The van der Waals surface area contributed by atoms with Gasteiger partial charge in [0.15, 0.2) is 0 Å². The van der Waals surface area contributed by atoms with E-state index in [1.807, 2.05) is 30.3 Å². The molecule has 3 heterocycles. The molecule has 0 spiro atoms. The van der Waals surface area contributed by atoms with Crippen molar-refractivity contribution in [1.29, 1.82) is 10.5 Å². The van der Waals surface area contributed by atoms with E-state index in [9.17, 15) is 10.5 Å². The highest BCUT2D eigenvalue weighted by atomic mass is 15.0. The first-order chi connectivity index (χ1) is 27.2. The van der Waals surface area contributed by atoms with E-state index >= 15 is 0 Å². The molecule has 0 aliphatic heterocycles. The third-order valence-electron chi connectivity index (χ3n) is 11.1. The molecule has 0 saturated carbocycles. The predicted octanol–water partition coefficient (Wildman–Crippen LogP) is 12.4. The predicted molar refractivity (Wildman–Crippen MR) is 224 cm³/mol. The third-order valence-corrected chi connectivity index (χ3v) is 11.1. The summed E-state index contributed by atoms with van der Waals surface area (Å²) in [5.74, 6) is 0. The lowest BCUT2D eigenvalue weighted by molar-refractivity contribution is 1.16. The molecule has 0 aliphatic carbocycles. The minimum absolute atomic E-state index is 0.552. The Kier molecular flexibility index (Phi) is 6.61. The van der Waals surface area contributed by atoms with Gasteiger partial charge in [-0.1, -0.05) is 97.1 Å². The molecule has 0 N–H and O–H groups in total. The van der Waals surface area contributed by atoms with Crippen LogP contribution < -0.4 is 0 Å². The van der Waals surface area contributed by atoms with Gasteiger partial charge in [0.2, 0.25) is 0 Å². The van der Waals surface area contributed by atoms with Crippen molar-refractivity contribution < 1.29 is 0 Å². The summed E-state index contributed by atoms with van der Waals surface area (Å²) >= 11 is 0. The van der Waals surface area contributed by atoms with Crippen LogP contribution in [0, 0.1) is 22.7 Å². The number of nitriles is 2. The SMILES string of the molecule is N#Cc1ccc2c3cc(-n4c5ccccc5c5ccccc54)ccc3n(-c3ccc(-c4ccc(-n5c6ccccc6c6ccccc65)cc4)cc3C#N)c2c1. The molecule has 55 heavy (non-hydrogen) atoms. The smallest absolute Gasteiger partial charge is 0.101 e. The number of aromatic nitrogens is 3. The summed E-state index contributed by atoms with van der Waals surface area (Å²) in [5, 5.41) is 27.5. The maximum atomic E-state index is 10.7. The summed E-state index contributed by atoms with van der Waals surface area (Å²) in [7, 11) is 0. The number of benzene rings is 8. The van der Waals surface area contributed by atoms with E-state index in [1.54, 1.807) is 0 Å². The summed E-state index contributed by atoms with van der Waals surface area (Å²) in [6, 6.07) is 65.9. The van der Waals surface area contributed by atoms with E-state index in [0.717, 1.165) is 61.0 Å². The second-order valence-electron chi connectivity index (χ2n) is 14.0. The van der Waals surface area contributed by atoms with Crippen LogP contribution in [0.15, 0.2) is 176 Å². The summed E-state index contributed by atoms with van der Waals surface area (Å²) < 4.78 is 6.76. The minimum Gasteiger partial charge on any atom is -0.309 e. The lowest BCUT2D eigenvalue weighted by Gasteiger charge is -2.13. The van der Waals surface area contributed by atoms with Crippen LogP contribution in [-0.4, -0.2) is 13.7 Å². The zero-order valence-electron chi connectivity index (χ0n) is 29.5. The van der Waals surface area contributed by atoms with Gasteiger partial charge in [-0.25, -0.2) is 0 Å². The zero-order valence-corrected chi connectivity index (χ0v) is 29.5. The Labute approximate surface area is 316 Å². The second-order valence-corrected chi connectivity index (χ2v) is 14.0. The van der Waals surface area contributed by atoms with E-state index in [0.29, 0.717) is 11.1 Å². The van der Waals surface area contributed by atoms with E-state index < -0.39 is 0 Å². The van der Waals surface area contributed by atoms with Gasteiger partial charge in [0.25, 0.3) is 0 Å². The van der Waals surface area contributed by atoms with Crippen molar-refractivity contribution in [3.8, 4) is 40.3 Å². The highest BCUT2D eigenvalue weighted by Crippen LogP contribution is 2.39. The molecule has 0 unspecified atom stereocenters. The molecule has 254 valence electrons. The topological polar surface area (TPSA) is 62.4 Å². The molecule has 0 aliphatic rings. The molecule has 0 bridgehead atoms. The van der Waals surface area contributed by atoms with Gasteiger partial charge in [-0.2, -0.15) is 10.5 Å². The van der Waals surface area contributed by atoms with Crippen LogP contribution >= 0.6 is 0 Å². The highest BCUT2D eigenvalue weighted by Gasteiger charge is 2.19. The molecular formula is C50H29N5. The Bertz CT molecular complexity index is 3350. The van der Waals surface area contributed by atoms with E-state index in [4.69, 9.17) is 0 Å². The minimum atomic E-state index is 0.552. The molecule has 3 aromatic heterocycles. The van der Waals surface area contributed by atoms with Crippen molar-refractivity contribution in [2.75, 3.05) is 0 Å². The van der Waals surface area contributed by atoms with Gasteiger partial charge in [-0.3, -0.25) is 0 Å². The third kappa shape index (κ3) is 4.51. The van der Waals surface area contributed by atoms with Crippen LogP contribution in [0.5, 0.6) is 0 Å². The fourth-order valence-corrected chi connectivity index (χ4v) is 8.68. The first-order valence-corrected chi connectivity index (χ1v) is 18.3. The highest BCUT2D eigenvalue weighted by molar-refractivity contribution is 6.13. The van der Waals surface area contributed by atoms with Gasteiger partial charge in [0.1, 0.15) is 6.07 Å². The number of para-hydroxylation sites is 4. The Hall–Kier alpha value is -7.86. The normalized spacial score (nSPS) is 11.6. The van der Waals surface area contributed by atoms with Crippen LogP contribution in [0.1, 0.15) is 11.1 Å². The standard InChI is InChI=1S/C50H29N5/c51-30-32-17-24-42-43-29-37(54-47-15-7-3-11-40(47)41-12-4-8-16-48(41)54)23-26-49(43)55(50(42)27-32)44-25-20-34(28-35(44)31-52)33-18-21-36(22-19-33)53-45-13-5-1-9-38(45)39-10-2-6-14-46(39)53/h1-29H. The van der Waals surface area contributed by atoms with Gasteiger partial charge in [0.05, 0.1) is 56.0 Å². The lowest BCUT2D eigenvalue weighted by Crippen LogP contribution is -1.99. The molecule has 5 heteroatoms. The van der Waals surface area contributed by atoms with Crippen LogP contribution in [0.25, 0.3) is 93.6 Å². The van der Waals surface area contributed by atoms with Crippen molar-refractivity contribution >= 4 is 65.4 Å². The Morgan fingerprint density at radius 2 is 0.818 bits per heavy atom. The van der Waals surface area contributed by atoms with Crippen LogP contribution in [0.2, 0.25) is 0 Å². The molecule has 11 aromatic rings. The van der Waals surface area contributed by atoms with Crippen molar-refractivity contribution in [3.63, 3.8) is 0 Å². The maximum absolute atomic E-state index is 10.7. The quantitative estimate of drug-likeness (QED) is 0.184. The molecule has 11 rings (SSSR count). The molecule has 0 amide bonds. The van der Waals surface area contributed by atoms with Gasteiger partial charge < -0.3 is 13.7 Å². The van der Waals surface area contributed by atoms with Crippen molar-refractivity contribution in [2.45, 2.75) is 0 Å². The van der Waals surface area contributed by atoms with Crippen molar-refractivity contribution in [3.05, 3.63) is 187 Å². The first kappa shape index (κ1) is 30.7. The number of rotatable bonds is 4. The Morgan fingerprint density at radius 1 is 0.327 bits per heavy atom. The number of fused-ring (bicyclic) bond motifs is 9. The van der Waals surface area contributed by atoms with Crippen LogP contribution in [-0.2, 0) is 0 Å². The molecular weight excluding hydrogens is 671 g/mol. The lowest BCUT2D eigenvalue weighted by atomic mass is 10.0. The van der Waals surface area contributed by atoms with Gasteiger partial charge >= 0.3 is 0 Å². The maximum Gasteiger partial charge on any atom is 0.101 e. The average Bonchev–Trinajstić information content (AvgIpc) is 3.88. The number of hydrogen-bond acceptors (Lipinski definition) is 2. The Balaban J connectivity index is 1.05. The molecule has 0 saturated heterocycles. The summed E-state index contributed by atoms with van der Waals surface area (Å²) in [4.78, 5) is 0. The zero-order chi connectivity index (χ0) is 36.6. The van der Waals surface area contributed by atoms with Gasteiger partial charge in [-0.05, 0) is 90.0 Å². The van der Waals surface area contributed by atoms with Gasteiger partial charge in [0, 0.05) is 43.7 Å². The molecule has 0 atom stereocenters. The molecule has 0 radical (unpaired) electrons. The fraction of sp³-hybridized carbons (Fsp3) is 0. The van der Waals surface area contributed by atoms with Gasteiger partial charge in [-0.15, -0.1) is 0 Å². The summed E-state index contributed by atoms with van der Waals surface area (Å²) in [5.41, 5.74) is 12.5. The fourth-order valence-electron chi connectivity index (χ4n) is 8.68. The molecule has 8 aromatic carbocycles. The summed E-state index contributed by atoms with van der Waals surface area (Å²) in [6.45, 7) is 0. The van der Waals surface area contributed by atoms with Crippen LogP contribution in [0.4, 0.5) is 0 Å². The monoisotopic (exact) mass is 699 g/mol. The number of hydrogen-bond donors (Lipinski definition) is 0. The van der Waals surface area contributed by atoms with E-state index in [2.05, 4.69) is 171 Å². The van der Waals surface area contributed by atoms with Crippen molar-refractivity contribution in [2.24, 2.45) is 0 Å². The molecule has 0 fully saturated rings. The number of nitrogens with zero attached hydrogens (tertiary/aromatic N) is 5. The first-order valence-electron chi connectivity index (χ1n) is 18.3. The summed E-state index contributed by atoms with van der Waals surface area (Å²) in [6.07, 6.45) is 0. The van der Waals surface area contributed by atoms with E-state index in [-0.39, 0.29) is 0 Å². The van der Waals surface area contributed by atoms with Crippen molar-refractivity contribution in [1.82, 2.24) is 13.7 Å². The second kappa shape index (κ2) is 11.8. The molecule has 5 nitrogen and oxygen atoms in total. The average molecular weight is 700 g/mol. The Morgan fingerprint density at radius 3 is 1.38 bits per heavy atom. The van der Waals surface area contributed by atoms with E-state index in [1.165, 1.54) is 32.6 Å².